The highest BCUT2D eigenvalue weighted by Gasteiger charge is 2.16. The van der Waals surface area contributed by atoms with Gasteiger partial charge in [0.15, 0.2) is 0 Å². The molecule has 1 heterocycles. The third-order valence-corrected chi connectivity index (χ3v) is 2.87. The molecule has 0 saturated carbocycles. The minimum atomic E-state index is -0.527. The van der Waals surface area contributed by atoms with E-state index in [0.29, 0.717) is 26.3 Å². The van der Waals surface area contributed by atoms with Gasteiger partial charge >= 0.3 is 0 Å². The number of nitrogens with one attached hydrogen (secondary N) is 1. The van der Waals surface area contributed by atoms with Gasteiger partial charge in [-0.15, -0.1) is 0 Å². The van der Waals surface area contributed by atoms with Crippen molar-refractivity contribution in [1.82, 2.24) is 5.32 Å². The second-order valence-corrected chi connectivity index (χ2v) is 4.55. The van der Waals surface area contributed by atoms with E-state index in [0.717, 1.165) is 25.9 Å². The molecular weight excluding hydrogens is 222 g/mol. The fourth-order valence-electron chi connectivity index (χ4n) is 1.73. The summed E-state index contributed by atoms with van der Waals surface area (Å²) in [5.41, 5.74) is 0. The van der Waals surface area contributed by atoms with Gasteiger partial charge in [-0.2, -0.15) is 0 Å². The monoisotopic (exact) mass is 247 g/mol. The van der Waals surface area contributed by atoms with Crippen molar-refractivity contribution >= 4 is 0 Å². The van der Waals surface area contributed by atoms with Crippen LogP contribution in [0.5, 0.6) is 0 Å². The lowest BCUT2D eigenvalue weighted by Crippen LogP contribution is -2.35. The van der Waals surface area contributed by atoms with Crippen LogP contribution < -0.4 is 5.32 Å². The third-order valence-electron chi connectivity index (χ3n) is 2.87. The Morgan fingerprint density at radius 1 is 1.35 bits per heavy atom. The molecule has 1 fully saturated rings. The molecule has 3 N–H and O–H groups in total. The second kappa shape index (κ2) is 8.83. The summed E-state index contributed by atoms with van der Waals surface area (Å²) in [7, 11) is 0. The Kier molecular flexibility index (Phi) is 7.72. The molecule has 1 saturated heterocycles. The highest BCUT2D eigenvalue weighted by molar-refractivity contribution is 4.65. The summed E-state index contributed by atoms with van der Waals surface area (Å²) in [4.78, 5) is 0. The van der Waals surface area contributed by atoms with Gasteiger partial charge in [0.25, 0.3) is 0 Å². The molecular formula is C12H25NO4. The first kappa shape index (κ1) is 14.9. The second-order valence-electron chi connectivity index (χ2n) is 4.55. The molecule has 1 aliphatic heterocycles. The van der Waals surface area contributed by atoms with Gasteiger partial charge in [-0.1, -0.05) is 6.92 Å². The lowest BCUT2D eigenvalue weighted by atomic mass is 10.2. The first-order chi connectivity index (χ1) is 8.22. The van der Waals surface area contributed by atoms with Crippen molar-refractivity contribution in [2.24, 2.45) is 0 Å². The summed E-state index contributed by atoms with van der Waals surface area (Å²) < 4.78 is 10.8. The van der Waals surface area contributed by atoms with Gasteiger partial charge in [-0.25, -0.2) is 0 Å². The summed E-state index contributed by atoms with van der Waals surface area (Å²) in [6.45, 7) is 4.59. The first-order valence-electron chi connectivity index (χ1n) is 6.48. The molecule has 17 heavy (non-hydrogen) atoms. The molecule has 0 amide bonds. The van der Waals surface area contributed by atoms with Gasteiger partial charge in [-0.3, -0.25) is 0 Å². The summed E-state index contributed by atoms with van der Waals surface area (Å²) >= 11 is 0. The maximum atomic E-state index is 9.60. The predicted octanol–water partition coefficient (Wildman–Crippen LogP) is -0.0966. The molecule has 0 aromatic carbocycles. The van der Waals surface area contributed by atoms with Crippen LogP contribution in [0.1, 0.15) is 26.2 Å². The van der Waals surface area contributed by atoms with Crippen molar-refractivity contribution in [2.75, 3.05) is 32.9 Å². The van der Waals surface area contributed by atoms with Gasteiger partial charge in [0.05, 0.1) is 31.5 Å². The van der Waals surface area contributed by atoms with Crippen LogP contribution >= 0.6 is 0 Å². The summed E-state index contributed by atoms with van der Waals surface area (Å²) in [5, 5.41) is 21.9. The van der Waals surface area contributed by atoms with Crippen LogP contribution in [-0.2, 0) is 9.47 Å². The van der Waals surface area contributed by atoms with E-state index < -0.39 is 6.10 Å². The minimum absolute atomic E-state index is 0.206. The standard InChI is InChI=1S/C12H25NO4/c1-2-10(14)6-13-7-11(15)8-16-9-12-4-3-5-17-12/h10-15H,2-9H2,1H3. The summed E-state index contributed by atoms with van der Waals surface area (Å²) in [6.07, 6.45) is 2.22. The molecule has 0 radical (unpaired) electrons. The largest absolute Gasteiger partial charge is 0.392 e. The number of hydrogen-bond donors (Lipinski definition) is 3. The molecule has 3 atom stereocenters. The Morgan fingerprint density at radius 3 is 2.76 bits per heavy atom. The SMILES string of the molecule is CCC(O)CNCC(O)COCC1CCCO1. The van der Waals surface area contributed by atoms with Crippen LogP contribution in [0.15, 0.2) is 0 Å². The van der Waals surface area contributed by atoms with Crippen LogP contribution in [0.25, 0.3) is 0 Å². The number of rotatable bonds is 9. The van der Waals surface area contributed by atoms with Crippen LogP contribution in [0, 0.1) is 0 Å². The van der Waals surface area contributed by atoms with E-state index in [1.165, 1.54) is 0 Å². The Balaban J connectivity index is 1.91. The van der Waals surface area contributed by atoms with Crippen LogP contribution in [-0.4, -0.2) is 61.4 Å². The molecule has 0 bridgehead atoms. The maximum absolute atomic E-state index is 9.60. The Labute approximate surface area is 103 Å². The molecule has 0 aromatic heterocycles. The maximum Gasteiger partial charge on any atom is 0.0897 e. The Hall–Kier alpha value is -0.200. The lowest BCUT2D eigenvalue weighted by Gasteiger charge is -2.15. The topological polar surface area (TPSA) is 71.0 Å². The van der Waals surface area contributed by atoms with E-state index in [2.05, 4.69) is 5.32 Å². The zero-order valence-corrected chi connectivity index (χ0v) is 10.6. The van der Waals surface area contributed by atoms with E-state index in [1.54, 1.807) is 0 Å². The molecule has 0 spiro atoms. The van der Waals surface area contributed by atoms with E-state index in [4.69, 9.17) is 9.47 Å². The van der Waals surface area contributed by atoms with Crippen LogP contribution in [0.3, 0.4) is 0 Å². The molecule has 0 aromatic rings. The number of ether oxygens (including phenoxy) is 2. The average molecular weight is 247 g/mol. The molecule has 3 unspecified atom stereocenters. The predicted molar refractivity (Wildman–Crippen MR) is 65.0 cm³/mol. The fourth-order valence-corrected chi connectivity index (χ4v) is 1.73. The van der Waals surface area contributed by atoms with Crippen molar-refractivity contribution in [2.45, 2.75) is 44.5 Å². The zero-order valence-electron chi connectivity index (χ0n) is 10.6. The van der Waals surface area contributed by atoms with Crippen LogP contribution in [0.2, 0.25) is 0 Å². The molecule has 1 aliphatic rings. The fraction of sp³-hybridized carbons (Fsp3) is 1.00. The van der Waals surface area contributed by atoms with Gasteiger partial charge in [0.2, 0.25) is 0 Å². The Morgan fingerprint density at radius 2 is 2.12 bits per heavy atom. The van der Waals surface area contributed by atoms with E-state index >= 15 is 0 Å². The van der Waals surface area contributed by atoms with Gasteiger partial charge in [0.1, 0.15) is 0 Å². The van der Waals surface area contributed by atoms with Crippen molar-refractivity contribution in [3.05, 3.63) is 0 Å². The number of aliphatic hydroxyl groups excluding tert-OH is 2. The number of aliphatic hydroxyl groups is 2. The smallest absolute Gasteiger partial charge is 0.0897 e. The van der Waals surface area contributed by atoms with Gasteiger partial charge in [0, 0.05) is 19.7 Å². The highest BCUT2D eigenvalue weighted by Crippen LogP contribution is 2.11. The summed E-state index contributed by atoms with van der Waals surface area (Å²) in [5.74, 6) is 0. The number of hydrogen-bond acceptors (Lipinski definition) is 5. The molecule has 0 aliphatic carbocycles. The van der Waals surface area contributed by atoms with Crippen LogP contribution in [0.4, 0.5) is 0 Å². The highest BCUT2D eigenvalue weighted by atomic mass is 16.5. The van der Waals surface area contributed by atoms with E-state index in [1.807, 2.05) is 6.92 Å². The molecule has 1 rings (SSSR count). The molecule has 102 valence electrons. The third kappa shape index (κ3) is 6.95. The van der Waals surface area contributed by atoms with Crippen molar-refractivity contribution in [3.63, 3.8) is 0 Å². The zero-order chi connectivity index (χ0) is 12.5. The quantitative estimate of drug-likeness (QED) is 0.531. The Bertz CT molecular complexity index is 185. The van der Waals surface area contributed by atoms with Gasteiger partial charge < -0.3 is 25.0 Å². The van der Waals surface area contributed by atoms with Crippen molar-refractivity contribution in [1.29, 1.82) is 0 Å². The normalized spacial score (nSPS) is 23.8. The molecule has 5 nitrogen and oxygen atoms in total. The summed E-state index contributed by atoms with van der Waals surface area (Å²) in [6, 6.07) is 0. The minimum Gasteiger partial charge on any atom is -0.392 e. The van der Waals surface area contributed by atoms with Crippen molar-refractivity contribution < 1.29 is 19.7 Å². The first-order valence-corrected chi connectivity index (χ1v) is 6.48. The molecule has 5 heteroatoms. The van der Waals surface area contributed by atoms with Crippen molar-refractivity contribution in [3.8, 4) is 0 Å². The lowest BCUT2D eigenvalue weighted by molar-refractivity contribution is -0.0168. The van der Waals surface area contributed by atoms with Gasteiger partial charge in [-0.05, 0) is 19.3 Å². The van der Waals surface area contributed by atoms with E-state index in [-0.39, 0.29) is 12.2 Å². The average Bonchev–Trinajstić information content (AvgIpc) is 2.82. The van der Waals surface area contributed by atoms with E-state index in [9.17, 15) is 10.2 Å².